The second kappa shape index (κ2) is 27.2. The molecule has 0 atom stereocenters. The largest absolute Gasteiger partial charge is 0.458 e. The zero-order chi connectivity index (χ0) is 83.6. The molecule has 6 aliphatic rings. The van der Waals surface area contributed by atoms with E-state index in [1.54, 1.807) is 14.7 Å². The van der Waals surface area contributed by atoms with Crippen molar-refractivity contribution in [3.63, 3.8) is 0 Å². The summed E-state index contributed by atoms with van der Waals surface area (Å²) in [5.74, 6) is -4.51. The van der Waals surface area contributed by atoms with Crippen LogP contribution in [0.1, 0.15) is 0 Å². The number of rotatable bonds is 12. The summed E-state index contributed by atoms with van der Waals surface area (Å²) in [5, 5.41) is 3.99. The van der Waals surface area contributed by atoms with E-state index in [1.807, 2.05) is 212 Å². The average Bonchev–Trinajstić information content (AvgIpc) is 1.13. The number of hydrogen-bond donors (Lipinski definition) is 0. The van der Waals surface area contributed by atoms with Crippen LogP contribution in [0.5, 0.6) is 11.5 Å². The van der Waals surface area contributed by atoms with Gasteiger partial charge in [-0.1, -0.05) is 212 Å². The van der Waals surface area contributed by atoms with Gasteiger partial charge in [0.1, 0.15) is 63.5 Å². The number of benzene rings is 18. The first-order chi connectivity index (χ1) is 62.1. The van der Waals surface area contributed by atoms with Crippen molar-refractivity contribution in [2.45, 2.75) is 0 Å². The second-order valence-corrected chi connectivity index (χ2v) is 32.9. The lowest BCUT2D eigenvalue weighted by Crippen LogP contribution is -2.65. The highest BCUT2D eigenvalue weighted by Gasteiger charge is 2.52. The molecule has 0 saturated heterocycles. The molecular formula is C108H63B3F6N8O. The normalized spacial score (nSPS) is 13.1. The molecule has 8 heterocycles. The van der Waals surface area contributed by atoms with E-state index in [9.17, 15) is 0 Å². The topological polar surface area (TPSA) is 38.5 Å². The van der Waals surface area contributed by atoms with Gasteiger partial charge < -0.3 is 43.3 Å². The summed E-state index contributed by atoms with van der Waals surface area (Å²) >= 11 is 0. The Morgan fingerprint density at radius 3 is 0.857 bits per heavy atom. The quantitative estimate of drug-likeness (QED) is 0.0891. The number of ether oxygens (including phenoxy) is 1. The third-order valence-corrected chi connectivity index (χ3v) is 26.4. The molecule has 0 saturated carbocycles. The van der Waals surface area contributed by atoms with Gasteiger partial charge in [-0.05, 0) is 207 Å². The maximum absolute atomic E-state index is 18.5. The zero-order valence-corrected chi connectivity index (χ0v) is 66.9. The summed E-state index contributed by atoms with van der Waals surface area (Å²) in [6.07, 6.45) is 0. The lowest BCUT2D eigenvalue weighted by Gasteiger charge is -2.45. The SMILES string of the molecule is Fc1cccc(F)c1N1c2cc3c(cc2B2c4cc5c(cc4Oc4cc(N(c6ccccc6)c6ccccc6)cc1c42)N(c1c(F)cccc1F)c1cc(N(c2ccccc2)c2ccccc2)cc2c1B5c1cccc4c5ccccc5n-2c14)B1c2c(cc(N(c4ccccc4)c4ccccc4)cc2-n2c4ccccc4c4cccc1c42)N3c1c(F)cccc1F. The molecule has 20 aromatic rings. The highest BCUT2D eigenvalue weighted by atomic mass is 19.2. The third-order valence-electron chi connectivity index (χ3n) is 26.4. The Morgan fingerprint density at radius 2 is 0.492 bits per heavy atom. The average molecular weight is 1640 g/mol. The molecule has 26 rings (SSSR count). The molecule has 0 unspecified atom stereocenters. The molecule has 592 valence electrons. The van der Waals surface area contributed by atoms with Crippen LogP contribution < -0.4 is 83.3 Å². The van der Waals surface area contributed by atoms with Crippen LogP contribution in [0.2, 0.25) is 0 Å². The summed E-state index contributed by atoms with van der Waals surface area (Å²) in [4.78, 5) is 11.5. The van der Waals surface area contributed by atoms with Gasteiger partial charge in [0.25, 0.3) is 20.1 Å². The van der Waals surface area contributed by atoms with Crippen LogP contribution in [0.25, 0.3) is 55.0 Å². The lowest BCUT2D eigenvalue weighted by molar-refractivity contribution is 0.487. The molecule has 9 nitrogen and oxygen atoms in total. The molecule has 0 amide bonds. The molecule has 18 heteroatoms. The van der Waals surface area contributed by atoms with Crippen molar-refractivity contribution in [1.82, 2.24) is 9.13 Å². The van der Waals surface area contributed by atoms with E-state index < -0.39 is 60.7 Å². The fraction of sp³-hybridized carbons (Fsp3) is 0. The van der Waals surface area contributed by atoms with Gasteiger partial charge in [0, 0.05) is 124 Å². The Hall–Kier alpha value is -16.1. The van der Waals surface area contributed by atoms with Crippen LogP contribution in [0, 0.1) is 34.9 Å². The molecule has 0 N–H and O–H groups in total. The van der Waals surface area contributed by atoms with Gasteiger partial charge in [-0.25, -0.2) is 26.3 Å². The van der Waals surface area contributed by atoms with E-state index in [1.165, 1.54) is 54.6 Å². The van der Waals surface area contributed by atoms with Crippen molar-refractivity contribution < 1.29 is 31.1 Å². The van der Waals surface area contributed by atoms with Gasteiger partial charge in [-0.2, -0.15) is 0 Å². The van der Waals surface area contributed by atoms with Gasteiger partial charge in [0.05, 0.1) is 28.1 Å². The maximum Gasteiger partial charge on any atom is 0.256 e. The summed E-state index contributed by atoms with van der Waals surface area (Å²) in [6.45, 7) is -2.33. The monoisotopic (exact) mass is 1630 g/mol. The highest BCUT2D eigenvalue weighted by Crippen LogP contribution is 2.55. The van der Waals surface area contributed by atoms with Crippen LogP contribution >= 0.6 is 0 Å². The Balaban J connectivity index is 0.809. The van der Waals surface area contributed by atoms with Crippen molar-refractivity contribution in [3.8, 4) is 22.9 Å². The molecule has 0 spiro atoms. The number of para-hydroxylation sites is 13. The zero-order valence-electron chi connectivity index (χ0n) is 66.9. The van der Waals surface area contributed by atoms with Crippen LogP contribution in [0.3, 0.4) is 0 Å². The van der Waals surface area contributed by atoms with Crippen LogP contribution in [0.4, 0.5) is 129 Å². The van der Waals surface area contributed by atoms with Gasteiger partial charge in [-0.3, -0.25) is 0 Å². The lowest BCUT2D eigenvalue weighted by atomic mass is 9.29. The molecule has 0 bridgehead atoms. The Bertz CT molecular complexity index is 7870. The van der Waals surface area contributed by atoms with Gasteiger partial charge in [-0.15, -0.1) is 0 Å². The van der Waals surface area contributed by atoms with Crippen molar-refractivity contribution in [2.75, 3.05) is 29.4 Å². The fourth-order valence-corrected chi connectivity index (χ4v) is 21.5. The first kappa shape index (κ1) is 71.7. The van der Waals surface area contributed by atoms with Crippen molar-refractivity contribution >= 4 is 215 Å². The van der Waals surface area contributed by atoms with E-state index in [2.05, 4.69) is 139 Å². The van der Waals surface area contributed by atoms with Crippen molar-refractivity contribution in [3.05, 3.63) is 417 Å². The fourth-order valence-electron chi connectivity index (χ4n) is 21.5. The molecule has 18 aromatic carbocycles. The summed E-state index contributed by atoms with van der Waals surface area (Å²) in [5.41, 5.74) is 19.6. The van der Waals surface area contributed by atoms with E-state index in [4.69, 9.17) is 4.74 Å². The molecule has 126 heavy (non-hydrogen) atoms. The molecule has 6 aliphatic heterocycles. The molecular weight excluding hydrogens is 1570 g/mol. The Labute approximate surface area is 720 Å². The minimum absolute atomic E-state index is 0.276. The first-order valence-corrected chi connectivity index (χ1v) is 42.1. The standard InChI is InChI=1S/C108H63B3F6N8O/c112-83-46-25-47-84(113)106(83)123-91-62-92-80(60-79(91)109-77-44-23-42-75-73-40-19-21-52-89(73)121(104(75)77)94-54-70(56-96(123)101(94)109)118(64-28-7-1-8-29-64)65-30-9-2-10-31-65)111-82-61-81-93(63-99(82)126-100-59-72(120(68-36-15-5-16-37-68)69-38-17-6-18-39-69)58-98(103(100)111)124(92)107-85(114)48-26-49-86(107)115)125(108-87(116)50-27-51-88(108)117)97-57-71(119(66-32-11-3-12-33-66)67-34-13-4-14-35-67)55-95-102(97)110(81)78-45-24-43-76-74-41-20-22-53-90(74)122(95)105(76)78/h1-63H. The number of aromatic nitrogens is 2. The number of halogens is 6. The second-order valence-electron chi connectivity index (χ2n) is 32.9. The predicted molar refractivity (Wildman–Crippen MR) is 503 cm³/mol. The van der Waals surface area contributed by atoms with E-state index >= 15 is 26.3 Å². The third kappa shape index (κ3) is 10.2. The van der Waals surface area contributed by atoms with Gasteiger partial charge in [0.15, 0.2) is 0 Å². The smallest absolute Gasteiger partial charge is 0.256 e. The maximum atomic E-state index is 18.5. The minimum atomic E-state index is -0.942. The summed E-state index contributed by atoms with van der Waals surface area (Å²) in [6, 6.07) is 121. The van der Waals surface area contributed by atoms with Crippen LogP contribution in [0.15, 0.2) is 382 Å². The number of fused-ring (bicyclic) bond motifs is 18. The van der Waals surface area contributed by atoms with Gasteiger partial charge >= 0.3 is 0 Å². The van der Waals surface area contributed by atoms with E-state index in [-0.39, 0.29) is 17.1 Å². The number of nitrogens with zero attached hydrogens (tertiary/aromatic N) is 8. The predicted octanol–water partition coefficient (Wildman–Crippen LogP) is 22.8. The van der Waals surface area contributed by atoms with Crippen LogP contribution in [-0.4, -0.2) is 29.3 Å². The number of anilines is 18. The molecule has 2 aromatic heterocycles. The van der Waals surface area contributed by atoms with Crippen LogP contribution in [-0.2, 0) is 0 Å². The summed E-state index contributed by atoms with van der Waals surface area (Å²) in [7, 11) is 0. The Morgan fingerprint density at radius 1 is 0.206 bits per heavy atom. The highest BCUT2D eigenvalue weighted by molar-refractivity contribution is 7.04. The van der Waals surface area contributed by atoms with Gasteiger partial charge in [0.2, 0.25) is 0 Å². The first-order valence-electron chi connectivity index (χ1n) is 42.1. The Kier molecular flexibility index (Phi) is 15.5. The van der Waals surface area contributed by atoms with E-state index in [0.29, 0.717) is 84.3 Å². The summed E-state index contributed by atoms with van der Waals surface area (Å²) < 4.78 is 123. The van der Waals surface area contributed by atoms with E-state index in [0.717, 1.165) is 111 Å². The molecule has 0 fully saturated rings. The number of hydrogen-bond acceptors (Lipinski definition) is 7. The minimum Gasteiger partial charge on any atom is -0.458 e. The molecule has 0 aliphatic carbocycles. The molecule has 0 radical (unpaired) electrons. The van der Waals surface area contributed by atoms with Crippen molar-refractivity contribution in [1.29, 1.82) is 0 Å². The van der Waals surface area contributed by atoms with Crippen molar-refractivity contribution in [2.24, 2.45) is 0 Å².